The van der Waals surface area contributed by atoms with Gasteiger partial charge in [-0.1, -0.05) is 20.3 Å². The standard InChI is InChI=1S/C10H20ClNO/c1-9(2)10(13)12(3)8-6-4-5-7-11/h9H,4-8H2,1-3H3. The van der Waals surface area contributed by atoms with E-state index < -0.39 is 0 Å². The summed E-state index contributed by atoms with van der Waals surface area (Å²) in [5, 5.41) is 0. The summed E-state index contributed by atoms with van der Waals surface area (Å²) in [5.74, 6) is 1.06. The molecule has 0 aromatic carbocycles. The van der Waals surface area contributed by atoms with Gasteiger partial charge in [-0.2, -0.15) is 0 Å². The van der Waals surface area contributed by atoms with Gasteiger partial charge in [-0.15, -0.1) is 11.6 Å². The van der Waals surface area contributed by atoms with Gasteiger partial charge in [0.15, 0.2) is 0 Å². The predicted molar refractivity (Wildman–Crippen MR) is 57.0 cm³/mol. The molecule has 0 unspecified atom stereocenters. The van der Waals surface area contributed by atoms with Crippen LogP contribution in [0.5, 0.6) is 0 Å². The van der Waals surface area contributed by atoms with Gasteiger partial charge >= 0.3 is 0 Å². The first-order valence-electron chi connectivity index (χ1n) is 4.90. The van der Waals surface area contributed by atoms with E-state index in [0.29, 0.717) is 0 Å². The summed E-state index contributed by atoms with van der Waals surface area (Å²) in [6.45, 7) is 4.71. The fourth-order valence-corrected chi connectivity index (χ4v) is 1.36. The highest BCUT2D eigenvalue weighted by molar-refractivity contribution is 6.17. The van der Waals surface area contributed by atoms with E-state index in [0.717, 1.165) is 31.7 Å². The highest BCUT2D eigenvalue weighted by atomic mass is 35.5. The van der Waals surface area contributed by atoms with Crippen LogP contribution in [0.3, 0.4) is 0 Å². The molecular formula is C10H20ClNO. The summed E-state index contributed by atoms with van der Waals surface area (Å²) in [7, 11) is 1.86. The maximum absolute atomic E-state index is 11.4. The molecule has 0 aromatic heterocycles. The molecule has 0 saturated carbocycles. The quantitative estimate of drug-likeness (QED) is 0.482. The Balaban J connectivity index is 3.50. The molecule has 0 N–H and O–H groups in total. The van der Waals surface area contributed by atoms with Crippen LogP contribution < -0.4 is 0 Å². The Morgan fingerprint density at radius 2 is 1.92 bits per heavy atom. The number of nitrogens with zero attached hydrogens (tertiary/aromatic N) is 1. The third-order valence-electron chi connectivity index (χ3n) is 2.00. The molecule has 78 valence electrons. The van der Waals surface area contributed by atoms with Crippen LogP contribution in [0.1, 0.15) is 33.1 Å². The molecule has 3 heteroatoms. The Labute approximate surface area is 86.2 Å². The van der Waals surface area contributed by atoms with Crippen LogP contribution in [0.2, 0.25) is 0 Å². The van der Waals surface area contributed by atoms with E-state index in [2.05, 4.69) is 0 Å². The Bertz CT molecular complexity index is 148. The first-order chi connectivity index (χ1) is 6.09. The zero-order valence-electron chi connectivity index (χ0n) is 8.85. The van der Waals surface area contributed by atoms with E-state index >= 15 is 0 Å². The highest BCUT2D eigenvalue weighted by Crippen LogP contribution is 2.03. The number of carbonyl (C=O) groups excluding carboxylic acids is 1. The molecule has 0 spiro atoms. The van der Waals surface area contributed by atoms with E-state index in [1.54, 1.807) is 4.90 Å². The molecule has 0 aliphatic carbocycles. The van der Waals surface area contributed by atoms with Crippen LogP contribution in [-0.4, -0.2) is 30.3 Å². The molecule has 13 heavy (non-hydrogen) atoms. The fraction of sp³-hybridized carbons (Fsp3) is 0.900. The minimum Gasteiger partial charge on any atom is -0.346 e. The average molecular weight is 206 g/mol. The van der Waals surface area contributed by atoms with Gasteiger partial charge in [0.2, 0.25) is 5.91 Å². The van der Waals surface area contributed by atoms with E-state index in [9.17, 15) is 4.79 Å². The zero-order chi connectivity index (χ0) is 10.3. The Kier molecular flexibility index (Phi) is 7.06. The van der Waals surface area contributed by atoms with E-state index in [1.807, 2.05) is 20.9 Å². The minimum atomic E-state index is 0.109. The summed E-state index contributed by atoms with van der Waals surface area (Å²) >= 11 is 5.55. The first-order valence-corrected chi connectivity index (χ1v) is 5.44. The summed E-state index contributed by atoms with van der Waals surface area (Å²) in [4.78, 5) is 13.2. The molecule has 1 amide bonds. The number of amides is 1. The van der Waals surface area contributed by atoms with Crippen molar-refractivity contribution in [1.29, 1.82) is 0 Å². The Morgan fingerprint density at radius 3 is 2.38 bits per heavy atom. The summed E-state index contributed by atoms with van der Waals surface area (Å²) in [5.41, 5.74) is 0. The molecule has 0 aliphatic heterocycles. The van der Waals surface area contributed by atoms with Crippen molar-refractivity contribution in [2.45, 2.75) is 33.1 Å². The van der Waals surface area contributed by atoms with E-state index in [4.69, 9.17) is 11.6 Å². The van der Waals surface area contributed by atoms with Crippen LogP contribution in [0, 0.1) is 5.92 Å². The van der Waals surface area contributed by atoms with Crippen molar-refractivity contribution in [3.8, 4) is 0 Å². The van der Waals surface area contributed by atoms with Crippen LogP contribution in [0.4, 0.5) is 0 Å². The molecular weight excluding hydrogens is 186 g/mol. The van der Waals surface area contributed by atoms with Crippen LogP contribution in [-0.2, 0) is 4.79 Å². The number of hydrogen-bond donors (Lipinski definition) is 0. The number of unbranched alkanes of at least 4 members (excludes halogenated alkanes) is 2. The zero-order valence-corrected chi connectivity index (χ0v) is 9.60. The molecule has 0 atom stereocenters. The van der Waals surface area contributed by atoms with Crippen LogP contribution >= 0.6 is 11.6 Å². The van der Waals surface area contributed by atoms with Gasteiger partial charge in [0.1, 0.15) is 0 Å². The van der Waals surface area contributed by atoms with Crippen LogP contribution in [0.25, 0.3) is 0 Å². The van der Waals surface area contributed by atoms with Gasteiger partial charge in [0.05, 0.1) is 0 Å². The lowest BCUT2D eigenvalue weighted by Crippen LogP contribution is -2.31. The molecule has 0 saturated heterocycles. The Morgan fingerprint density at radius 1 is 1.31 bits per heavy atom. The van der Waals surface area contributed by atoms with Crippen molar-refractivity contribution in [2.75, 3.05) is 19.5 Å². The molecule has 0 rings (SSSR count). The normalized spacial score (nSPS) is 10.5. The second kappa shape index (κ2) is 7.19. The van der Waals surface area contributed by atoms with Gasteiger partial charge in [-0.25, -0.2) is 0 Å². The van der Waals surface area contributed by atoms with Crippen molar-refractivity contribution < 1.29 is 4.79 Å². The predicted octanol–water partition coefficient (Wildman–Crippen LogP) is 2.51. The van der Waals surface area contributed by atoms with Crippen molar-refractivity contribution in [2.24, 2.45) is 5.92 Å². The molecule has 0 aliphatic rings. The van der Waals surface area contributed by atoms with E-state index in [1.165, 1.54) is 0 Å². The number of halogens is 1. The molecule has 0 radical (unpaired) electrons. The number of hydrogen-bond acceptors (Lipinski definition) is 1. The lowest BCUT2D eigenvalue weighted by atomic mass is 10.2. The van der Waals surface area contributed by atoms with Gasteiger partial charge < -0.3 is 4.90 Å². The molecule has 0 fully saturated rings. The highest BCUT2D eigenvalue weighted by Gasteiger charge is 2.11. The number of rotatable bonds is 6. The maximum atomic E-state index is 11.4. The Hall–Kier alpha value is -0.240. The number of carbonyl (C=O) groups is 1. The van der Waals surface area contributed by atoms with Crippen LogP contribution in [0.15, 0.2) is 0 Å². The lowest BCUT2D eigenvalue weighted by Gasteiger charge is -2.18. The second-order valence-electron chi connectivity index (χ2n) is 3.66. The van der Waals surface area contributed by atoms with Crippen molar-refractivity contribution in [1.82, 2.24) is 4.90 Å². The third-order valence-corrected chi connectivity index (χ3v) is 2.26. The summed E-state index contributed by atoms with van der Waals surface area (Å²) in [6, 6.07) is 0. The fourth-order valence-electron chi connectivity index (χ4n) is 1.17. The maximum Gasteiger partial charge on any atom is 0.224 e. The van der Waals surface area contributed by atoms with Crippen molar-refractivity contribution in [3.63, 3.8) is 0 Å². The monoisotopic (exact) mass is 205 g/mol. The summed E-state index contributed by atoms with van der Waals surface area (Å²) in [6.07, 6.45) is 3.21. The van der Waals surface area contributed by atoms with Crippen molar-refractivity contribution in [3.05, 3.63) is 0 Å². The van der Waals surface area contributed by atoms with Gasteiger partial charge in [0, 0.05) is 25.4 Å². The second-order valence-corrected chi connectivity index (χ2v) is 4.04. The minimum absolute atomic E-state index is 0.109. The van der Waals surface area contributed by atoms with E-state index in [-0.39, 0.29) is 11.8 Å². The van der Waals surface area contributed by atoms with Gasteiger partial charge in [0.25, 0.3) is 0 Å². The number of alkyl halides is 1. The van der Waals surface area contributed by atoms with Crippen molar-refractivity contribution >= 4 is 17.5 Å². The lowest BCUT2D eigenvalue weighted by molar-refractivity contribution is -0.133. The smallest absolute Gasteiger partial charge is 0.224 e. The first kappa shape index (κ1) is 12.8. The topological polar surface area (TPSA) is 20.3 Å². The molecule has 0 aromatic rings. The molecule has 0 bridgehead atoms. The molecule has 2 nitrogen and oxygen atoms in total. The molecule has 0 heterocycles. The summed E-state index contributed by atoms with van der Waals surface area (Å²) < 4.78 is 0. The van der Waals surface area contributed by atoms with Gasteiger partial charge in [-0.05, 0) is 12.8 Å². The third kappa shape index (κ3) is 5.92. The van der Waals surface area contributed by atoms with Gasteiger partial charge in [-0.3, -0.25) is 4.79 Å². The average Bonchev–Trinajstić information content (AvgIpc) is 2.10. The SMILES string of the molecule is CC(C)C(=O)N(C)CCCCCCl. The largest absolute Gasteiger partial charge is 0.346 e.